The van der Waals surface area contributed by atoms with Crippen molar-refractivity contribution in [3.8, 4) is 5.75 Å². The van der Waals surface area contributed by atoms with Gasteiger partial charge < -0.3 is 19.6 Å². The zero-order chi connectivity index (χ0) is 20.4. The highest BCUT2D eigenvalue weighted by Crippen LogP contribution is 2.21. The van der Waals surface area contributed by atoms with Crippen molar-refractivity contribution in [1.82, 2.24) is 5.32 Å². The molecule has 3 aromatic rings. The monoisotopic (exact) mass is 392 g/mol. The number of carbonyl (C=O) groups excluding carboxylic acids is 1. The summed E-state index contributed by atoms with van der Waals surface area (Å²) in [6, 6.07) is 12.4. The molecule has 0 aliphatic carbocycles. The standard InChI is InChI=1S/C23H24N2O4/c1-14-5-7-17(10-15(14)2)25-23-20(22(27)24-13-19-4-3-9-28-19)11-16-6-8-18(26)12-21(16)29-23/h5-8,10-12,19,26H,3-4,9,13H2,1-2H3,(H,24,27)/t19-/m0/s1. The minimum atomic E-state index is -0.262. The highest BCUT2D eigenvalue weighted by Gasteiger charge is 2.18. The molecule has 0 unspecified atom stereocenters. The molecular weight excluding hydrogens is 368 g/mol. The van der Waals surface area contributed by atoms with E-state index in [-0.39, 0.29) is 23.3 Å². The summed E-state index contributed by atoms with van der Waals surface area (Å²) in [6.45, 7) is 5.24. The molecule has 1 aromatic heterocycles. The Labute approximate surface area is 168 Å². The Balaban J connectivity index is 1.76. The van der Waals surface area contributed by atoms with E-state index in [9.17, 15) is 9.90 Å². The summed E-state index contributed by atoms with van der Waals surface area (Å²) in [5.41, 5.74) is 3.98. The van der Waals surface area contributed by atoms with E-state index in [1.807, 2.05) is 32.0 Å². The summed E-state index contributed by atoms with van der Waals surface area (Å²) >= 11 is 0. The Kier molecular flexibility index (Phi) is 5.36. The third-order valence-corrected chi connectivity index (χ3v) is 5.21. The summed E-state index contributed by atoms with van der Waals surface area (Å²) in [4.78, 5) is 17.5. The second-order valence-electron chi connectivity index (χ2n) is 7.41. The third kappa shape index (κ3) is 4.32. The highest BCUT2D eigenvalue weighted by molar-refractivity contribution is 5.96. The van der Waals surface area contributed by atoms with E-state index in [4.69, 9.17) is 9.15 Å². The maximum Gasteiger partial charge on any atom is 0.256 e. The van der Waals surface area contributed by atoms with Gasteiger partial charge in [0.15, 0.2) is 0 Å². The fraction of sp³-hybridized carbons (Fsp3) is 0.304. The van der Waals surface area contributed by atoms with E-state index in [0.717, 1.165) is 25.0 Å². The molecule has 2 aromatic carbocycles. The van der Waals surface area contributed by atoms with Gasteiger partial charge in [-0.1, -0.05) is 6.07 Å². The molecule has 1 amide bonds. The number of amides is 1. The number of phenolic OH excluding ortho intramolecular Hbond substituents is 1. The second kappa shape index (κ2) is 8.09. The van der Waals surface area contributed by atoms with Crippen LogP contribution in [0.2, 0.25) is 0 Å². The van der Waals surface area contributed by atoms with Gasteiger partial charge in [-0.2, -0.15) is 0 Å². The minimum Gasteiger partial charge on any atom is -0.508 e. The third-order valence-electron chi connectivity index (χ3n) is 5.21. The van der Waals surface area contributed by atoms with E-state index in [1.165, 1.54) is 11.6 Å². The van der Waals surface area contributed by atoms with Gasteiger partial charge in [0.25, 0.3) is 5.91 Å². The largest absolute Gasteiger partial charge is 0.508 e. The second-order valence-corrected chi connectivity index (χ2v) is 7.41. The number of benzene rings is 2. The molecule has 1 aliphatic heterocycles. The molecule has 0 radical (unpaired) electrons. The topological polar surface area (TPSA) is 84.1 Å². The van der Waals surface area contributed by atoms with Gasteiger partial charge >= 0.3 is 0 Å². The summed E-state index contributed by atoms with van der Waals surface area (Å²) in [6.07, 6.45) is 2.01. The highest BCUT2D eigenvalue weighted by atomic mass is 16.5. The average Bonchev–Trinajstić information content (AvgIpc) is 3.22. The van der Waals surface area contributed by atoms with Gasteiger partial charge in [-0.25, -0.2) is 4.99 Å². The van der Waals surface area contributed by atoms with Crippen LogP contribution in [0.1, 0.15) is 34.3 Å². The first-order valence-corrected chi connectivity index (χ1v) is 9.78. The Hall–Kier alpha value is -3.12. The summed E-state index contributed by atoms with van der Waals surface area (Å²) in [5.74, 6) is -0.171. The van der Waals surface area contributed by atoms with Crippen molar-refractivity contribution in [3.05, 3.63) is 64.7 Å². The minimum absolute atomic E-state index is 0.0495. The van der Waals surface area contributed by atoms with Gasteiger partial charge in [-0.3, -0.25) is 4.79 Å². The molecule has 150 valence electrons. The maximum absolute atomic E-state index is 12.9. The number of nitrogens with zero attached hydrogens (tertiary/aromatic N) is 1. The van der Waals surface area contributed by atoms with Crippen molar-refractivity contribution in [3.63, 3.8) is 0 Å². The van der Waals surface area contributed by atoms with Crippen LogP contribution in [0.5, 0.6) is 5.75 Å². The molecule has 2 N–H and O–H groups in total. The van der Waals surface area contributed by atoms with Crippen molar-refractivity contribution in [2.75, 3.05) is 13.2 Å². The Morgan fingerprint density at radius 3 is 2.79 bits per heavy atom. The van der Waals surface area contributed by atoms with Crippen molar-refractivity contribution in [2.24, 2.45) is 4.99 Å². The molecule has 0 saturated carbocycles. The van der Waals surface area contributed by atoms with E-state index in [1.54, 1.807) is 18.2 Å². The molecule has 0 spiro atoms. The van der Waals surface area contributed by atoms with Crippen molar-refractivity contribution in [1.29, 1.82) is 0 Å². The van der Waals surface area contributed by atoms with Gasteiger partial charge in [0.1, 0.15) is 16.9 Å². The summed E-state index contributed by atoms with van der Waals surface area (Å²) < 4.78 is 11.5. The number of rotatable bonds is 4. The summed E-state index contributed by atoms with van der Waals surface area (Å²) in [5, 5.41) is 13.4. The fourth-order valence-corrected chi connectivity index (χ4v) is 3.37. The predicted molar refractivity (Wildman–Crippen MR) is 110 cm³/mol. The predicted octanol–water partition coefficient (Wildman–Crippen LogP) is 3.90. The van der Waals surface area contributed by atoms with E-state index < -0.39 is 0 Å². The van der Waals surface area contributed by atoms with E-state index in [0.29, 0.717) is 28.8 Å². The van der Waals surface area contributed by atoms with E-state index >= 15 is 0 Å². The zero-order valence-corrected chi connectivity index (χ0v) is 16.6. The number of fused-ring (bicyclic) bond motifs is 1. The first-order chi connectivity index (χ1) is 14.0. The fourth-order valence-electron chi connectivity index (χ4n) is 3.37. The van der Waals surface area contributed by atoms with Crippen LogP contribution in [0.15, 0.2) is 51.9 Å². The van der Waals surface area contributed by atoms with Crippen molar-refractivity contribution >= 4 is 22.6 Å². The number of carbonyl (C=O) groups is 1. The van der Waals surface area contributed by atoms with Crippen LogP contribution in [0.3, 0.4) is 0 Å². The normalized spacial score (nSPS) is 17.0. The lowest BCUT2D eigenvalue weighted by Gasteiger charge is -2.11. The lowest BCUT2D eigenvalue weighted by Crippen LogP contribution is -2.34. The van der Waals surface area contributed by atoms with Crippen LogP contribution in [0.25, 0.3) is 11.0 Å². The first kappa shape index (κ1) is 19.2. The van der Waals surface area contributed by atoms with Gasteiger partial charge in [-0.15, -0.1) is 0 Å². The molecule has 1 atom stereocenters. The smallest absolute Gasteiger partial charge is 0.256 e. The SMILES string of the molecule is Cc1ccc(N=c2oc3cc(O)ccc3cc2C(=O)NC[C@@H]2CCCO2)cc1C. The number of hydrogen-bond acceptors (Lipinski definition) is 5. The molecule has 0 bridgehead atoms. The van der Waals surface area contributed by atoms with Crippen LogP contribution in [-0.2, 0) is 4.74 Å². The first-order valence-electron chi connectivity index (χ1n) is 9.78. The lowest BCUT2D eigenvalue weighted by atomic mass is 10.1. The molecule has 6 heteroatoms. The van der Waals surface area contributed by atoms with Crippen LogP contribution in [0, 0.1) is 13.8 Å². The lowest BCUT2D eigenvalue weighted by molar-refractivity contribution is 0.0854. The van der Waals surface area contributed by atoms with Crippen molar-refractivity contribution in [2.45, 2.75) is 32.8 Å². The average molecular weight is 392 g/mol. The number of aromatic hydroxyl groups is 1. The van der Waals surface area contributed by atoms with E-state index in [2.05, 4.69) is 10.3 Å². The van der Waals surface area contributed by atoms with Gasteiger partial charge in [0, 0.05) is 24.6 Å². The Morgan fingerprint density at radius 2 is 2.03 bits per heavy atom. The van der Waals surface area contributed by atoms with Gasteiger partial charge in [0.05, 0.1) is 11.8 Å². The molecule has 6 nitrogen and oxygen atoms in total. The van der Waals surface area contributed by atoms with Crippen LogP contribution >= 0.6 is 0 Å². The Bertz CT molecular complexity index is 1130. The number of hydrogen-bond donors (Lipinski definition) is 2. The molecule has 1 fully saturated rings. The molecule has 1 aliphatic rings. The Morgan fingerprint density at radius 1 is 1.17 bits per heavy atom. The number of nitrogens with one attached hydrogen (secondary N) is 1. The number of ether oxygens (including phenoxy) is 1. The number of aryl methyl sites for hydroxylation is 2. The molecule has 29 heavy (non-hydrogen) atoms. The molecular formula is C23H24N2O4. The van der Waals surface area contributed by atoms with Crippen LogP contribution < -0.4 is 10.9 Å². The van der Waals surface area contributed by atoms with Crippen LogP contribution in [0.4, 0.5) is 5.69 Å². The van der Waals surface area contributed by atoms with Crippen molar-refractivity contribution < 1.29 is 19.1 Å². The quantitative estimate of drug-likeness (QED) is 0.705. The number of phenols is 1. The molecule has 1 saturated heterocycles. The zero-order valence-electron chi connectivity index (χ0n) is 16.6. The maximum atomic E-state index is 12.9. The molecule has 2 heterocycles. The molecule has 4 rings (SSSR count). The summed E-state index contributed by atoms with van der Waals surface area (Å²) in [7, 11) is 0. The van der Waals surface area contributed by atoms with Crippen LogP contribution in [-0.4, -0.2) is 30.3 Å². The van der Waals surface area contributed by atoms with Gasteiger partial charge in [0.2, 0.25) is 5.55 Å². The van der Waals surface area contributed by atoms with Gasteiger partial charge in [-0.05, 0) is 68.1 Å².